The molecule has 0 unspecified atom stereocenters. The van der Waals surface area contributed by atoms with E-state index in [0.29, 0.717) is 6.42 Å². The van der Waals surface area contributed by atoms with Gasteiger partial charge in [-0.2, -0.15) is 5.26 Å². The normalized spacial score (nSPS) is 9.88. The lowest BCUT2D eigenvalue weighted by molar-refractivity contribution is 0.626. The Bertz CT molecular complexity index is 543. The SMILES string of the molecule is N#CCc1cccc(Sc2ccc(F)cc2)c1. The van der Waals surface area contributed by atoms with Crippen LogP contribution >= 0.6 is 11.8 Å². The number of nitrogens with zero attached hydrogens (tertiary/aromatic N) is 1. The quantitative estimate of drug-likeness (QED) is 0.812. The van der Waals surface area contributed by atoms with E-state index in [-0.39, 0.29) is 5.82 Å². The predicted octanol–water partition coefficient (Wildman–Crippen LogP) is 4.04. The number of hydrogen-bond donors (Lipinski definition) is 0. The molecule has 0 amide bonds. The minimum absolute atomic E-state index is 0.229. The number of benzene rings is 2. The van der Waals surface area contributed by atoms with E-state index >= 15 is 0 Å². The first kappa shape index (κ1) is 11.7. The number of rotatable bonds is 3. The molecule has 0 spiro atoms. The number of nitriles is 1. The molecule has 0 atom stereocenters. The lowest BCUT2D eigenvalue weighted by Gasteiger charge is -2.03. The van der Waals surface area contributed by atoms with Crippen molar-refractivity contribution in [1.82, 2.24) is 0 Å². The Labute approximate surface area is 104 Å². The van der Waals surface area contributed by atoms with Crippen LogP contribution in [-0.4, -0.2) is 0 Å². The van der Waals surface area contributed by atoms with E-state index in [0.717, 1.165) is 15.4 Å². The van der Waals surface area contributed by atoms with Gasteiger partial charge in [-0.3, -0.25) is 0 Å². The fourth-order valence-corrected chi connectivity index (χ4v) is 2.35. The third-order valence-corrected chi connectivity index (χ3v) is 3.23. The highest BCUT2D eigenvalue weighted by atomic mass is 32.2. The van der Waals surface area contributed by atoms with Gasteiger partial charge in [0.15, 0.2) is 0 Å². The molecule has 0 aliphatic rings. The molecule has 84 valence electrons. The van der Waals surface area contributed by atoms with Crippen LogP contribution in [0.25, 0.3) is 0 Å². The van der Waals surface area contributed by atoms with Crippen LogP contribution in [0.1, 0.15) is 5.56 Å². The van der Waals surface area contributed by atoms with Gasteiger partial charge in [0.05, 0.1) is 12.5 Å². The Kier molecular flexibility index (Phi) is 3.79. The van der Waals surface area contributed by atoms with Crippen molar-refractivity contribution in [3.8, 4) is 6.07 Å². The summed E-state index contributed by atoms with van der Waals surface area (Å²) in [5.41, 5.74) is 1.000. The highest BCUT2D eigenvalue weighted by molar-refractivity contribution is 7.99. The first-order chi connectivity index (χ1) is 8.28. The van der Waals surface area contributed by atoms with Crippen LogP contribution in [0.15, 0.2) is 58.3 Å². The highest BCUT2D eigenvalue weighted by Crippen LogP contribution is 2.28. The second-order valence-corrected chi connectivity index (χ2v) is 4.69. The van der Waals surface area contributed by atoms with E-state index in [2.05, 4.69) is 6.07 Å². The minimum Gasteiger partial charge on any atom is -0.207 e. The van der Waals surface area contributed by atoms with E-state index in [1.165, 1.54) is 12.1 Å². The summed E-state index contributed by atoms with van der Waals surface area (Å²) in [4.78, 5) is 2.05. The molecule has 0 aliphatic heterocycles. The first-order valence-corrected chi connectivity index (χ1v) is 5.99. The Balaban J connectivity index is 2.16. The Morgan fingerprint density at radius 1 is 1.06 bits per heavy atom. The zero-order valence-corrected chi connectivity index (χ0v) is 9.88. The van der Waals surface area contributed by atoms with E-state index in [9.17, 15) is 4.39 Å². The molecule has 0 bridgehead atoms. The third-order valence-electron chi connectivity index (χ3n) is 2.23. The smallest absolute Gasteiger partial charge is 0.123 e. The molecule has 0 saturated heterocycles. The molecule has 0 aliphatic carbocycles. The molecule has 3 heteroatoms. The van der Waals surface area contributed by atoms with Gasteiger partial charge in [0, 0.05) is 9.79 Å². The molecule has 2 rings (SSSR count). The summed E-state index contributed by atoms with van der Waals surface area (Å²) in [6, 6.07) is 16.3. The predicted molar refractivity (Wildman–Crippen MR) is 66.3 cm³/mol. The van der Waals surface area contributed by atoms with Gasteiger partial charge in [0.1, 0.15) is 5.82 Å². The summed E-state index contributed by atoms with van der Waals surface area (Å²) in [5, 5.41) is 8.63. The third kappa shape index (κ3) is 3.33. The van der Waals surface area contributed by atoms with Crippen LogP contribution in [0, 0.1) is 17.1 Å². The lowest BCUT2D eigenvalue weighted by Crippen LogP contribution is -1.82. The van der Waals surface area contributed by atoms with Crippen molar-refractivity contribution in [3.05, 3.63) is 59.9 Å². The van der Waals surface area contributed by atoms with Crippen LogP contribution in [0.5, 0.6) is 0 Å². The molecule has 0 radical (unpaired) electrons. The van der Waals surface area contributed by atoms with E-state index in [1.54, 1.807) is 23.9 Å². The molecular weight excluding hydrogens is 233 g/mol. The van der Waals surface area contributed by atoms with Gasteiger partial charge < -0.3 is 0 Å². The van der Waals surface area contributed by atoms with Crippen molar-refractivity contribution in [2.75, 3.05) is 0 Å². The van der Waals surface area contributed by atoms with Crippen LogP contribution in [0.2, 0.25) is 0 Å². The van der Waals surface area contributed by atoms with Crippen LogP contribution in [0.3, 0.4) is 0 Å². The molecule has 0 heterocycles. The average molecular weight is 243 g/mol. The maximum Gasteiger partial charge on any atom is 0.123 e. The Morgan fingerprint density at radius 3 is 2.53 bits per heavy atom. The maximum atomic E-state index is 12.7. The Hall–Kier alpha value is -1.79. The summed E-state index contributed by atoms with van der Waals surface area (Å²) in [5.74, 6) is -0.229. The zero-order chi connectivity index (χ0) is 12.1. The standard InChI is InChI=1S/C14H10FNS/c15-12-4-6-13(7-5-12)17-14-3-1-2-11(10-14)8-9-16/h1-7,10H,8H2. The molecule has 0 aromatic heterocycles. The fourth-order valence-electron chi connectivity index (χ4n) is 1.45. The van der Waals surface area contributed by atoms with Crippen molar-refractivity contribution >= 4 is 11.8 Å². The topological polar surface area (TPSA) is 23.8 Å². The van der Waals surface area contributed by atoms with Crippen molar-refractivity contribution in [1.29, 1.82) is 5.26 Å². The number of hydrogen-bond acceptors (Lipinski definition) is 2. The summed E-state index contributed by atoms with van der Waals surface area (Å²) >= 11 is 1.56. The summed E-state index contributed by atoms with van der Waals surface area (Å²) < 4.78 is 12.7. The van der Waals surface area contributed by atoms with Crippen LogP contribution in [0.4, 0.5) is 4.39 Å². The van der Waals surface area contributed by atoms with Crippen molar-refractivity contribution in [2.45, 2.75) is 16.2 Å². The zero-order valence-electron chi connectivity index (χ0n) is 9.06. The first-order valence-electron chi connectivity index (χ1n) is 5.17. The summed E-state index contributed by atoms with van der Waals surface area (Å²) in [6.45, 7) is 0. The van der Waals surface area contributed by atoms with Gasteiger partial charge in [0.25, 0.3) is 0 Å². The van der Waals surface area contributed by atoms with Gasteiger partial charge in [-0.15, -0.1) is 0 Å². The monoisotopic (exact) mass is 243 g/mol. The van der Waals surface area contributed by atoms with Gasteiger partial charge in [-0.1, -0.05) is 23.9 Å². The molecule has 17 heavy (non-hydrogen) atoms. The van der Waals surface area contributed by atoms with Gasteiger partial charge in [-0.25, -0.2) is 4.39 Å². The van der Waals surface area contributed by atoms with Crippen molar-refractivity contribution in [2.24, 2.45) is 0 Å². The molecule has 0 fully saturated rings. The largest absolute Gasteiger partial charge is 0.207 e. The second kappa shape index (κ2) is 5.51. The molecule has 1 nitrogen and oxygen atoms in total. The van der Waals surface area contributed by atoms with Gasteiger partial charge in [-0.05, 0) is 42.0 Å². The molecule has 0 N–H and O–H groups in total. The maximum absolute atomic E-state index is 12.7. The van der Waals surface area contributed by atoms with Crippen LogP contribution in [-0.2, 0) is 6.42 Å². The van der Waals surface area contributed by atoms with Gasteiger partial charge in [0.2, 0.25) is 0 Å². The lowest BCUT2D eigenvalue weighted by atomic mass is 10.2. The average Bonchev–Trinajstić information content (AvgIpc) is 2.33. The van der Waals surface area contributed by atoms with Crippen LogP contribution < -0.4 is 0 Å². The fraction of sp³-hybridized carbons (Fsp3) is 0.0714. The highest BCUT2D eigenvalue weighted by Gasteiger charge is 1.99. The summed E-state index contributed by atoms with van der Waals surface area (Å²) in [6.07, 6.45) is 0.415. The van der Waals surface area contributed by atoms with Crippen molar-refractivity contribution < 1.29 is 4.39 Å². The molecule has 2 aromatic rings. The van der Waals surface area contributed by atoms with Crippen molar-refractivity contribution in [3.63, 3.8) is 0 Å². The minimum atomic E-state index is -0.229. The molecule has 2 aromatic carbocycles. The second-order valence-electron chi connectivity index (χ2n) is 3.54. The number of halogens is 1. The van der Waals surface area contributed by atoms with E-state index in [4.69, 9.17) is 5.26 Å². The van der Waals surface area contributed by atoms with Gasteiger partial charge >= 0.3 is 0 Å². The molecule has 0 saturated carbocycles. The Morgan fingerprint density at radius 2 is 1.82 bits per heavy atom. The van der Waals surface area contributed by atoms with E-state index in [1.807, 2.05) is 24.3 Å². The van der Waals surface area contributed by atoms with E-state index < -0.39 is 0 Å². The summed E-state index contributed by atoms with van der Waals surface area (Å²) in [7, 11) is 0. The molecular formula is C14H10FNS.